The summed E-state index contributed by atoms with van der Waals surface area (Å²) in [5, 5.41) is 39.9. The lowest BCUT2D eigenvalue weighted by atomic mass is 9.90. The molecule has 0 atom stereocenters. The molecule has 0 bridgehead atoms. The van der Waals surface area contributed by atoms with E-state index in [1.165, 1.54) is 18.2 Å². The van der Waals surface area contributed by atoms with Crippen molar-refractivity contribution in [2.45, 2.75) is 153 Å². The predicted octanol–water partition coefficient (Wildman–Crippen LogP) is 4.65. The van der Waals surface area contributed by atoms with Crippen LogP contribution < -0.4 is 73.8 Å². The van der Waals surface area contributed by atoms with Crippen LogP contribution >= 0.6 is 0 Å². The van der Waals surface area contributed by atoms with Gasteiger partial charge in [0.05, 0.1) is 59.8 Å². The molecule has 3 aromatic carbocycles. The Labute approximate surface area is 520 Å². The van der Waals surface area contributed by atoms with Crippen LogP contribution in [0.4, 0.5) is 0 Å². The van der Waals surface area contributed by atoms with Crippen LogP contribution in [0, 0.1) is 0 Å². The first-order valence-electron chi connectivity index (χ1n) is 31.8. The summed E-state index contributed by atoms with van der Waals surface area (Å²) in [6.07, 6.45) is 13.5. The zero-order valence-corrected chi connectivity index (χ0v) is 52.6. The number of hydrogen-bond acceptors (Lipinski definition) is 18. The first kappa shape index (κ1) is 71.8. The first-order valence-corrected chi connectivity index (χ1v) is 31.8. The van der Waals surface area contributed by atoms with Crippen molar-refractivity contribution < 1.29 is 57.9 Å². The molecule has 0 aromatic heterocycles. The summed E-state index contributed by atoms with van der Waals surface area (Å²) in [5.41, 5.74) is 23.2. The Balaban J connectivity index is 1.20. The zero-order valence-electron chi connectivity index (χ0n) is 52.6. The van der Waals surface area contributed by atoms with Gasteiger partial charge in [0, 0.05) is 68.5 Å². The average Bonchev–Trinajstić information content (AvgIpc) is 1.26. The van der Waals surface area contributed by atoms with E-state index in [1.807, 2.05) is 38.0 Å². The third kappa shape index (κ3) is 24.2. The molecule has 6 amide bonds. The third-order valence-corrected chi connectivity index (χ3v) is 15.7. The van der Waals surface area contributed by atoms with Crippen LogP contribution in [0.3, 0.4) is 0 Å². The molecule has 24 heteroatoms. The van der Waals surface area contributed by atoms with E-state index in [0.717, 1.165) is 70.3 Å². The number of hydrogen-bond donors (Lipinski definition) is 12. The number of likely N-dealkylation sites (N-methyl/N-ethyl adjacent to an activating group) is 2. The van der Waals surface area contributed by atoms with Gasteiger partial charge in [-0.15, -0.1) is 0 Å². The van der Waals surface area contributed by atoms with Crippen molar-refractivity contribution in [1.82, 2.24) is 41.7 Å². The number of rotatable bonds is 40. The maximum absolute atomic E-state index is 14.2. The van der Waals surface area contributed by atoms with Crippen molar-refractivity contribution in [2.75, 3.05) is 107 Å². The number of carbonyl (C=O) groups excluding carboxylic acids is 6. The number of nitrogens with two attached hydrogens (primary N) is 4. The molecule has 0 aliphatic heterocycles. The Morgan fingerprint density at radius 1 is 0.375 bits per heavy atom. The summed E-state index contributed by atoms with van der Waals surface area (Å²) >= 11 is 0. The molecule has 2 fully saturated rings. The van der Waals surface area contributed by atoms with E-state index >= 15 is 0 Å². The topological polar surface area (TPSA) is 363 Å². The molecule has 0 saturated heterocycles. The zero-order chi connectivity index (χ0) is 63.8. The molecule has 16 N–H and O–H groups in total. The maximum Gasteiger partial charge on any atom is 0.255 e. The molecule has 0 heterocycles. The lowest BCUT2D eigenvalue weighted by Gasteiger charge is -2.30. The van der Waals surface area contributed by atoms with Crippen LogP contribution in [0.1, 0.15) is 191 Å². The molecule has 2 aliphatic carbocycles. The van der Waals surface area contributed by atoms with E-state index in [2.05, 4.69) is 31.9 Å². The molecular formula is C64H102N12O12. The Morgan fingerprint density at radius 3 is 0.886 bits per heavy atom. The van der Waals surface area contributed by atoms with E-state index < -0.39 is 35.1 Å². The highest BCUT2D eigenvalue weighted by molar-refractivity contribution is 6.05. The van der Waals surface area contributed by atoms with Crippen LogP contribution in [0.5, 0.6) is 34.5 Å². The Hall–Kier alpha value is -6.96. The van der Waals surface area contributed by atoms with Gasteiger partial charge in [-0.2, -0.15) is 0 Å². The highest BCUT2D eigenvalue weighted by atomic mass is 16.5. The van der Waals surface area contributed by atoms with Crippen molar-refractivity contribution in [3.8, 4) is 34.5 Å². The minimum atomic E-state index is -0.640. The van der Waals surface area contributed by atoms with Gasteiger partial charge in [0.15, 0.2) is 0 Å². The smallest absolute Gasteiger partial charge is 0.255 e. The van der Waals surface area contributed by atoms with Crippen molar-refractivity contribution in [2.24, 2.45) is 22.9 Å². The van der Waals surface area contributed by atoms with Gasteiger partial charge in [-0.1, -0.05) is 0 Å². The van der Waals surface area contributed by atoms with Crippen molar-refractivity contribution >= 4 is 35.4 Å². The number of unbranched alkanes of at least 4 members (excludes halogenated alkanes) is 8. The molecule has 3 aromatic rings. The summed E-state index contributed by atoms with van der Waals surface area (Å²) in [4.78, 5) is 87.2. The minimum Gasteiger partial charge on any atom is -0.507 e. The second-order valence-corrected chi connectivity index (χ2v) is 23.5. The Kier molecular flexibility index (Phi) is 31.9. The summed E-state index contributed by atoms with van der Waals surface area (Å²) in [6, 6.07) is 7.21. The van der Waals surface area contributed by atoms with E-state index in [4.69, 9.17) is 41.9 Å². The SMILES string of the molecule is CN(C)CCNC(=O)c1cc(C(=O)NC2CCC(NC(=O)c3cc(C(=O)NC4CCC(NC(=O)c5cc(C(=O)NCCN(C)C)c(OCCCCCN)cc5OCCCCCN)CC4)c(O)cc3O)CC2)c(OCCCCCN)cc1OCCCCCN. The van der Waals surface area contributed by atoms with Gasteiger partial charge in [-0.25, -0.2) is 0 Å². The number of nitrogens with zero attached hydrogens (tertiary/aromatic N) is 2. The van der Waals surface area contributed by atoms with Crippen LogP contribution in [0.25, 0.3) is 0 Å². The van der Waals surface area contributed by atoms with Gasteiger partial charge in [0.2, 0.25) is 0 Å². The van der Waals surface area contributed by atoms with Crippen LogP contribution in [0.15, 0.2) is 36.4 Å². The number of phenolic OH excluding ortho intramolecular Hbond substituents is 2. The van der Waals surface area contributed by atoms with Crippen molar-refractivity contribution in [3.63, 3.8) is 0 Å². The van der Waals surface area contributed by atoms with E-state index in [1.54, 1.807) is 12.1 Å². The fraction of sp³-hybridized carbons (Fsp3) is 0.625. The van der Waals surface area contributed by atoms with Gasteiger partial charge in [-0.05, 0) is 201 Å². The average molecular weight is 1230 g/mol. The third-order valence-electron chi connectivity index (χ3n) is 15.7. The standard InChI is InChI=1S/C64H102N12O12/c1-75(2)31-29-69-59(79)49-38-51(57(87-35-15-7-11-27-67)41-55(49)85-33-13-5-9-25-65)63(83)73-45-21-17-43(18-22-45)71-61(81)47-37-48(54(78)40-53(47)77)62(82)72-44-19-23-46(24-20-44)74-64(84)52-39-50(60(80)70-30-32-76(3)4)56(86-34-14-6-10-26-66)42-58(52)88-36-16-8-12-28-68/h37-46,77-78H,5-36,65-68H2,1-4H3,(H,69,79)(H,70,80)(H,71,81)(H,72,82)(H,73,83)(H,74,84). The van der Waals surface area contributed by atoms with Crippen LogP contribution in [-0.2, 0) is 0 Å². The number of carbonyl (C=O) groups is 6. The Bertz CT molecular complexity index is 2500. The second-order valence-electron chi connectivity index (χ2n) is 23.5. The van der Waals surface area contributed by atoms with E-state index in [9.17, 15) is 39.0 Å². The largest absolute Gasteiger partial charge is 0.507 e. The molecule has 2 aliphatic rings. The minimum absolute atomic E-state index is 0.190. The van der Waals surface area contributed by atoms with Gasteiger partial charge < -0.3 is 93.8 Å². The fourth-order valence-corrected chi connectivity index (χ4v) is 10.5. The summed E-state index contributed by atoms with van der Waals surface area (Å²) < 4.78 is 24.7. The van der Waals surface area contributed by atoms with Crippen molar-refractivity contribution in [1.29, 1.82) is 0 Å². The summed E-state index contributed by atoms with van der Waals surface area (Å²) in [5.74, 6) is -2.70. The molecule has 0 spiro atoms. The molecule has 2 saturated carbocycles. The quantitative estimate of drug-likeness (QED) is 0.0345. The van der Waals surface area contributed by atoms with Gasteiger partial charge in [0.25, 0.3) is 35.4 Å². The maximum atomic E-state index is 14.2. The fourth-order valence-electron chi connectivity index (χ4n) is 10.5. The molecule has 24 nitrogen and oxygen atoms in total. The molecule has 490 valence electrons. The van der Waals surface area contributed by atoms with Gasteiger partial charge >= 0.3 is 0 Å². The molecule has 5 rings (SSSR count). The molecule has 0 unspecified atom stereocenters. The highest BCUT2D eigenvalue weighted by Crippen LogP contribution is 2.34. The van der Waals surface area contributed by atoms with Crippen LogP contribution in [0.2, 0.25) is 0 Å². The molecular weight excluding hydrogens is 1130 g/mol. The highest BCUT2D eigenvalue weighted by Gasteiger charge is 2.31. The van der Waals surface area contributed by atoms with E-state index in [0.29, 0.717) is 166 Å². The summed E-state index contributed by atoms with van der Waals surface area (Å²) in [7, 11) is 7.63. The number of benzene rings is 3. The van der Waals surface area contributed by atoms with Gasteiger partial charge in [-0.3, -0.25) is 28.8 Å². The number of amides is 6. The normalized spacial score (nSPS) is 16.6. The number of phenols is 2. The monoisotopic (exact) mass is 1230 g/mol. The predicted molar refractivity (Wildman–Crippen MR) is 340 cm³/mol. The van der Waals surface area contributed by atoms with Crippen LogP contribution in [-0.4, -0.2) is 187 Å². The summed E-state index contributed by atoms with van der Waals surface area (Å²) in [6.45, 7) is 5.57. The molecule has 88 heavy (non-hydrogen) atoms. The lowest BCUT2D eigenvalue weighted by molar-refractivity contribution is 0.0882. The number of nitrogens with one attached hydrogen (secondary N) is 6. The lowest BCUT2D eigenvalue weighted by Crippen LogP contribution is -2.44. The number of ether oxygens (including phenoxy) is 4. The van der Waals surface area contributed by atoms with Gasteiger partial charge in [0.1, 0.15) is 34.5 Å². The Morgan fingerprint density at radius 2 is 0.625 bits per heavy atom. The molecule has 0 radical (unpaired) electrons. The number of aromatic hydroxyl groups is 2. The first-order chi connectivity index (χ1) is 42.5. The van der Waals surface area contributed by atoms with E-state index in [-0.39, 0.29) is 69.4 Å². The van der Waals surface area contributed by atoms with Crippen molar-refractivity contribution in [3.05, 3.63) is 69.8 Å². The second kappa shape index (κ2) is 39.1.